The Hall–Kier alpha value is -2.57. The van der Waals surface area contributed by atoms with Gasteiger partial charge in [0.1, 0.15) is 0 Å². The Kier molecular flexibility index (Phi) is 8.26. The number of anilines is 1. The maximum atomic E-state index is 13.1. The number of rotatable bonds is 11. The van der Waals surface area contributed by atoms with Gasteiger partial charge in [-0.25, -0.2) is 8.42 Å². The molecule has 9 nitrogen and oxygen atoms in total. The SMILES string of the molecule is CCNC(c1nc(OC)cc(OC)n1)c1cccc(COC)c1NS(=O)(=O)C(F)F. The molecule has 0 aliphatic rings. The van der Waals surface area contributed by atoms with Gasteiger partial charge >= 0.3 is 5.76 Å². The molecule has 1 heterocycles. The van der Waals surface area contributed by atoms with Crippen molar-refractivity contribution in [1.82, 2.24) is 15.3 Å². The van der Waals surface area contributed by atoms with Crippen molar-refractivity contribution < 1.29 is 31.4 Å². The van der Waals surface area contributed by atoms with Gasteiger partial charge in [-0.1, -0.05) is 25.1 Å². The maximum absolute atomic E-state index is 13.1. The fourth-order valence-electron chi connectivity index (χ4n) is 2.75. The van der Waals surface area contributed by atoms with E-state index in [0.717, 1.165) is 0 Å². The van der Waals surface area contributed by atoms with Crippen molar-refractivity contribution >= 4 is 15.7 Å². The number of benzene rings is 1. The Morgan fingerprint density at radius 2 is 1.73 bits per heavy atom. The van der Waals surface area contributed by atoms with Crippen molar-refractivity contribution in [3.05, 3.63) is 41.2 Å². The standard InChI is InChI=1S/C18H24F2N4O5S/c1-5-21-16(17-22-13(28-3)9-14(23-17)29-4)12-8-6-7-11(10-27-2)15(12)24-30(25,26)18(19)20/h6-9,16,18,21,24H,5,10H2,1-4H3. The van der Waals surface area contributed by atoms with E-state index >= 15 is 0 Å². The zero-order chi connectivity index (χ0) is 22.3. The summed E-state index contributed by atoms with van der Waals surface area (Å²) in [6.07, 6.45) is 0. The van der Waals surface area contributed by atoms with Gasteiger partial charge in [-0.05, 0) is 6.54 Å². The van der Waals surface area contributed by atoms with Crippen molar-refractivity contribution in [2.45, 2.75) is 25.3 Å². The van der Waals surface area contributed by atoms with E-state index < -0.39 is 21.8 Å². The largest absolute Gasteiger partial charge is 0.481 e. The normalized spacial score (nSPS) is 12.6. The number of hydrogen-bond acceptors (Lipinski definition) is 8. The summed E-state index contributed by atoms with van der Waals surface area (Å²) in [6, 6.07) is 5.54. The number of aromatic nitrogens is 2. The molecular formula is C18H24F2N4O5S. The van der Waals surface area contributed by atoms with E-state index in [4.69, 9.17) is 14.2 Å². The second-order valence-corrected chi connectivity index (χ2v) is 7.67. The maximum Gasteiger partial charge on any atom is 0.355 e. The van der Waals surface area contributed by atoms with Gasteiger partial charge in [-0.15, -0.1) is 0 Å². The molecule has 0 amide bonds. The van der Waals surface area contributed by atoms with Crippen LogP contribution in [-0.4, -0.2) is 52.0 Å². The van der Waals surface area contributed by atoms with Crippen LogP contribution in [0.1, 0.15) is 29.9 Å². The van der Waals surface area contributed by atoms with Crippen molar-refractivity contribution in [2.24, 2.45) is 0 Å². The fraction of sp³-hybridized carbons (Fsp3) is 0.444. The van der Waals surface area contributed by atoms with Crippen LogP contribution >= 0.6 is 0 Å². The first kappa shape index (κ1) is 23.7. The van der Waals surface area contributed by atoms with Crippen LogP contribution in [0.3, 0.4) is 0 Å². The summed E-state index contributed by atoms with van der Waals surface area (Å²) in [5, 5.41) is 3.14. The van der Waals surface area contributed by atoms with Crippen LogP contribution in [0.4, 0.5) is 14.5 Å². The first-order valence-corrected chi connectivity index (χ1v) is 10.4. The van der Waals surface area contributed by atoms with Gasteiger partial charge in [0, 0.05) is 18.2 Å². The minimum atomic E-state index is -4.93. The average molecular weight is 446 g/mol. The van der Waals surface area contributed by atoms with Crippen LogP contribution in [0, 0.1) is 0 Å². The van der Waals surface area contributed by atoms with Crippen molar-refractivity contribution in [1.29, 1.82) is 0 Å². The van der Waals surface area contributed by atoms with Crippen molar-refractivity contribution in [3.8, 4) is 11.8 Å². The first-order valence-electron chi connectivity index (χ1n) is 8.88. The summed E-state index contributed by atoms with van der Waals surface area (Å²) in [5.41, 5.74) is 0.680. The third kappa shape index (κ3) is 5.52. The number of hydrogen-bond donors (Lipinski definition) is 2. The van der Waals surface area contributed by atoms with Crippen LogP contribution in [-0.2, 0) is 21.4 Å². The number of nitrogens with one attached hydrogen (secondary N) is 2. The number of halogens is 2. The zero-order valence-electron chi connectivity index (χ0n) is 17.0. The highest BCUT2D eigenvalue weighted by Crippen LogP contribution is 2.33. The molecule has 1 atom stereocenters. The minimum absolute atomic E-state index is 0.00390. The van der Waals surface area contributed by atoms with Gasteiger partial charge in [0.15, 0.2) is 5.82 Å². The third-order valence-electron chi connectivity index (χ3n) is 4.05. The van der Waals surface area contributed by atoms with Crippen LogP contribution < -0.4 is 19.5 Å². The van der Waals surface area contributed by atoms with Crippen LogP contribution in [0.25, 0.3) is 0 Å². The van der Waals surface area contributed by atoms with Crippen molar-refractivity contribution in [3.63, 3.8) is 0 Å². The Labute approximate surface area is 173 Å². The second-order valence-electron chi connectivity index (χ2n) is 6.02. The van der Waals surface area contributed by atoms with E-state index in [1.54, 1.807) is 18.2 Å². The molecule has 0 aliphatic carbocycles. The molecule has 1 aromatic carbocycles. The van der Waals surface area contributed by atoms with Crippen LogP contribution in [0.15, 0.2) is 24.3 Å². The van der Waals surface area contributed by atoms with Gasteiger partial charge in [0.25, 0.3) is 10.0 Å². The lowest BCUT2D eigenvalue weighted by molar-refractivity contribution is 0.185. The first-order chi connectivity index (χ1) is 14.3. The summed E-state index contributed by atoms with van der Waals surface area (Å²) in [4.78, 5) is 8.62. The third-order valence-corrected chi connectivity index (χ3v) is 5.01. The summed E-state index contributed by atoms with van der Waals surface area (Å²) < 4.78 is 67.4. The van der Waals surface area contributed by atoms with E-state index in [-0.39, 0.29) is 29.9 Å². The average Bonchev–Trinajstić information content (AvgIpc) is 2.72. The predicted octanol–water partition coefficient (Wildman–Crippen LogP) is 2.30. The molecule has 2 rings (SSSR count). The molecule has 2 aromatic rings. The smallest absolute Gasteiger partial charge is 0.355 e. The molecule has 166 valence electrons. The lowest BCUT2D eigenvalue weighted by Crippen LogP contribution is -2.28. The van der Waals surface area contributed by atoms with Crippen molar-refractivity contribution in [2.75, 3.05) is 32.6 Å². The lowest BCUT2D eigenvalue weighted by Gasteiger charge is -2.23. The number of sulfonamides is 1. The highest BCUT2D eigenvalue weighted by molar-refractivity contribution is 7.93. The highest BCUT2D eigenvalue weighted by atomic mass is 32.2. The molecule has 0 bridgehead atoms. The molecule has 2 N–H and O–H groups in total. The predicted molar refractivity (Wildman–Crippen MR) is 106 cm³/mol. The number of para-hydroxylation sites is 1. The summed E-state index contributed by atoms with van der Waals surface area (Å²) in [5.74, 6) is -2.95. The van der Waals surface area contributed by atoms with E-state index in [9.17, 15) is 17.2 Å². The monoisotopic (exact) mass is 446 g/mol. The molecule has 0 radical (unpaired) electrons. The zero-order valence-corrected chi connectivity index (χ0v) is 17.8. The molecule has 1 aromatic heterocycles. The van der Waals surface area contributed by atoms with Gasteiger partial charge < -0.3 is 19.5 Å². The quantitative estimate of drug-likeness (QED) is 0.541. The van der Waals surface area contributed by atoms with E-state index in [0.29, 0.717) is 17.7 Å². The van der Waals surface area contributed by atoms with E-state index in [1.807, 2.05) is 11.6 Å². The molecule has 0 fully saturated rings. The molecule has 0 aliphatic heterocycles. The minimum Gasteiger partial charge on any atom is -0.481 e. The Bertz CT molecular complexity index is 937. The molecule has 30 heavy (non-hydrogen) atoms. The van der Waals surface area contributed by atoms with Gasteiger partial charge in [0.2, 0.25) is 11.8 Å². The Morgan fingerprint density at radius 3 is 2.23 bits per heavy atom. The molecule has 1 unspecified atom stereocenters. The molecule has 0 saturated carbocycles. The Balaban J connectivity index is 2.69. The number of alkyl halides is 2. The van der Waals surface area contributed by atoms with E-state index in [1.165, 1.54) is 27.4 Å². The summed E-state index contributed by atoms with van der Waals surface area (Å²) >= 11 is 0. The molecule has 0 saturated heterocycles. The fourth-order valence-corrected chi connectivity index (χ4v) is 3.37. The number of methoxy groups -OCH3 is 3. The van der Waals surface area contributed by atoms with Crippen LogP contribution in [0.2, 0.25) is 0 Å². The van der Waals surface area contributed by atoms with Gasteiger partial charge in [0.05, 0.1) is 38.6 Å². The second kappa shape index (κ2) is 10.5. The van der Waals surface area contributed by atoms with E-state index in [2.05, 4.69) is 15.3 Å². The number of ether oxygens (including phenoxy) is 3. The van der Waals surface area contributed by atoms with Gasteiger partial charge in [-0.2, -0.15) is 18.7 Å². The lowest BCUT2D eigenvalue weighted by atomic mass is 10.00. The van der Waals surface area contributed by atoms with Crippen LogP contribution in [0.5, 0.6) is 11.8 Å². The highest BCUT2D eigenvalue weighted by Gasteiger charge is 2.29. The Morgan fingerprint density at radius 1 is 1.10 bits per heavy atom. The number of nitrogens with zero attached hydrogens (tertiary/aromatic N) is 2. The molecule has 12 heteroatoms. The van der Waals surface area contributed by atoms with Gasteiger partial charge in [-0.3, -0.25) is 4.72 Å². The summed E-state index contributed by atoms with van der Waals surface area (Å²) in [6.45, 7) is 2.27. The topological polar surface area (TPSA) is 112 Å². The molecule has 0 spiro atoms. The summed E-state index contributed by atoms with van der Waals surface area (Å²) in [7, 11) is -0.664. The molecular weight excluding hydrogens is 422 g/mol.